The van der Waals surface area contributed by atoms with Gasteiger partial charge in [-0.1, -0.05) is 97.1 Å². The van der Waals surface area contributed by atoms with Crippen molar-refractivity contribution in [2.75, 3.05) is 17.2 Å². The molecule has 0 saturated carbocycles. The molecule has 3 saturated heterocycles. The average Bonchev–Trinajstić information content (AvgIpc) is 3.72. The smallest absolute Gasteiger partial charge is 0.411 e. The van der Waals surface area contributed by atoms with Crippen molar-refractivity contribution < 1.29 is 33.3 Å². The van der Waals surface area contributed by atoms with Crippen LogP contribution in [0.15, 0.2) is 109 Å². The highest BCUT2D eigenvalue weighted by atomic mass is 16.7. The van der Waals surface area contributed by atoms with E-state index in [0.29, 0.717) is 18.0 Å². The fourth-order valence-corrected chi connectivity index (χ4v) is 6.58. The number of benzene rings is 4. The first kappa shape index (κ1) is 29.9. The number of ether oxygens (including phenoxy) is 5. The standard InChI is InChI=1S/C36H35N3O7/c1-35(26-17-9-11-19-28(26)37-33(40)43-21-24-13-5-3-6-14-24)31-39-30(23-42-31)45-36(2,32(39)46-35)27-18-10-12-20-29(27)38-34(41)44-22-25-15-7-4-8-16-25/h3-20,30-32H,21-23H2,1-2H3,(H,37,40)(H,38,41)/t30-,31-,32-,35+,36-/m0/s1. The molecule has 3 aliphatic heterocycles. The van der Waals surface area contributed by atoms with Crippen molar-refractivity contribution in [2.24, 2.45) is 0 Å². The fraction of sp³-hybridized carbons (Fsp3) is 0.278. The molecule has 0 unspecified atom stereocenters. The van der Waals surface area contributed by atoms with Crippen molar-refractivity contribution in [3.8, 4) is 0 Å². The molecule has 0 radical (unpaired) electrons. The fourth-order valence-electron chi connectivity index (χ4n) is 6.58. The van der Waals surface area contributed by atoms with Crippen molar-refractivity contribution in [3.63, 3.8) is 0 Å². The maximum Gasteiger partial charge on any atom is 0.411 e. The molecule has 2 N–H and O–H groups in total. The largest absolute Gasteiger partial charge is 0.444 e. The Morgan fingerprint density at radius 2 is 1.13 bits per heavy atom. The highest BCUT2D eigenvalue weighted by Crippen LogP contribution is 2.57. The summed E-state index contributed by atoms with van der Waals surface area (Å²) in [5.74, 6) is 0. The first-order chi connectivity index (χ1) is 22.3. The van der Waals surface area contributed by atoms with Crippen LogP contribution < -0.4 is 10.6 Å². The first-order valence-corrected chi connectivity index (χ1v) is 15.2. The zero-order valence-electron chi connectivity index (χ0n) is 25.6. The summed E-state index contributed by atoms with van der Waals surface area (Å²) in [6, 6.07) is 34.0. The molecule has 46 heavy (non-hydrogen) atoms. The predicted octanol–water partition coefficient (Wildman–Crippen LogP) is 6.69. The van der Waals surface area contributed by atoms with Crippen LogP contribution in [0.3, 0.4) is 0 Å². The van der Waals surface area contributed by atoms with Gasteiger partial charge in [-0.05, 0) is 37.1 Å². The Morgan fingerprint density at radius 3 is 1.65 bits per heavy atom. The number of anilines is 2. The number of nitrogens with one attached hydrogen (secondary N) is 2. The Kier molecular flexibility index (Phi) is 7.95. The second kappa shape index (κ2) is 12.2. The van der Waals surface area contributed by atoms with Gasteiger partial charge in [-0.15, -0.1) is 0 Å². The van der Waals surface area contributed by atoms with Crippen molar-refractivity contribution in [1.29, 1.82) is 0 Å². The lowest BCUT2D eigenvalue weighted by Crippen LogP contribution is -2.41. The molecule has 2 amide bonds. The minimum absolute atomic E-state index is 0.148. The van der Waals surface area contributed by atoms with Gasteiger partial charge in [0, 0.05) is 11.1 Å². The number of para-hydroxylation sites is 2. The molecular formula is C36H35N3O7. The molecule has 0 aromatic heterocycles. The monoisotopic (exact) mass is 621 g/mol. The maximum absolute atomic E-state index is 12.9. The van der Waals surface area contributed by atoms with E-state index in [2.05, 4.69) is 15.5 Å². The minimum atomic E-state index is -0.981. The molecule has 4 aromatic rings. The van der Waals surface area contributed by atoms with Gasteiger partial charge in [0.05, 0.1) is 18.0 Å². The van der Waals surface area contributed by atoms with E-state index in [1.807, 2.05) is 123 Å². The molecule has 5 atom stereocenters. The molecule has 0 bridgehead atoms. The maximum atomic E-state index is 12.9. The number of carbonyl (C=O) groups excluding carboxylic acids is 2. The second-order valence-electron chi connectivity index (χ2n) is 11.9. The van der Waals surface area contributed by atoms with E-state index < -0.39 is 35.8 Å². The van der Waals surface area contributed by atoms with Gasteiger partial charge in [0.25, 0.3) is 0 Å². The zero-order chi connectivity index (χ0) is 31.7. The van der Waals surface area contributed by atoms with Crippen LogP contribution in [0.5, 0.6) is 0 Å². The summed E-state index contributed by atoms with van der Waals surface area (Å²) in [5, 5.41) is 5.81. The van der Waals surface area contributed by atoms with E-state index in [4.69, 9.17) is 23.7 Å². The Balaban J connectivity index is 1.11. The van der Waals surface area contributed by atoms with Crippen molar-refractivity contribution >= 4 is 23.6 Å². The summed E-state index contributed by atoms with van der Waals surface area (Å²) < 4.78 is 30.8. The van der Waals surface area contributed by atoms with Crippen LogP contribution in [0.2, 0.25) is 0 Å². The van der Waals surface area contributed by atoms with E-state index in [0.717, 1.165) is 22.3 Å². The summed E-state index contributed by atoms with van der Waals surface area (Å²) in [5.41, 5.74) is 2.41. The highest BCUT2D eigenvalue weighted by molar-refractivity contribution is 5.86. The highest BCUT2D eigenvalue weighted by Gasteiger charge is 2.68. The number of rotatable bonds is 8. The quantitative estimate of drug-likeness (QED) is 0.224. The Hall–Kier alpha value is -4.74. The molecular weight excluding hydrogens is 586 g/mol. The normalized spacial score (nSPS) is 26.3. The molecule has 10 nitrogen and oxygen atoms in total. The van der Waals surface area contributed by atoms with Gasteiger partial charge < -0.3 is 23.7 Å². The zero-order valence-corrected chi connectivity index (χ0v) is 25.6. The van der Waals surface area contributed by atoms with Gasteiger partial charge in [-0.25, -0.2) is 14.5 Å². The molecule has 3 fully saturated rings. The summed E-state index contributed by atoms with van der Waals surface area (Å²) in [7, 11) is 0. The Morgan fingerprint density at radius 1 is 0.674 bits per heavy atom. The minimum Gasteiger partial charge on any atom is -0.444 e. The third kappa shape index (κ3) is 5.50. The van der Waals surface area contributed by atoms with Gasteiger partial charge in [0.2, 0.25) is 0 Å². The van der Waals surface area contributed by atoms with Crippen LogP contribution in [-0.4, -0.2) is 42.4 Å². The van der Waals surface area contributed by atoms with Gasteiger partial charge in [-0.3, -0.25) is 10.6 Å². The van der Waals surface area contributed by atoms with E-state index in [-0.39, 0.29) is 19.4 Å². The Labute approximate surface area is 267 Å². The molecule has 0 spiro atoms. The molecule has 0 aliphatic carbocycles. The van der Waals surface area contributed by atoms with Crippen molar-refractivity contribution in [1.82, 2.24) is 4.90 Å². The first-order valence-electron chi connectivity index (χ1n) is 15.2. The lowest BCUT2D eigenvalue weighted by atomic mass is 9.92. The lowest BCUT2D eigenvalue weighted by molar-refractivity contribution is -0.137. The van der Waals surface area contributed by atoms with Crippen LogP contribution in [-0.2, 0) is 48.1 Å². The lowest BCUT2D eigenvalue weighted by Gasteiger charge is -2.34. The van der Waals surface area contributed by atoms with E-state index in [1.54, 1.807) is 0 Å². The van der Waals surface area contributed by atoms with E-state index in [9.17, 15) is 9.59 Å². The summed E-state index contributed by atoms with van der Waals surface area (Å²) in [4.78, 5) is 27.8. The summed E-state index contributed by atoms with van der Waals surface area (Å²) in [6.07, 6.45) is -2.59. The molecule has 236 valence electrons. The van der Waals surface area contributed by atoms with E-state index in [1.165, 1.54) is 0 Å². The number of hydrogen-bond acceptors (Lipinski definition) is 8. The Bertz CT molecular complexity index is 1620. The number of nitrogens with zero attached hydrogens (tertiary/aromatic N) is 1. The number of hydrogen-bond donors (Lipinski definition) is 2. The topological polar surface area (TPSA) is 108 Å². The summed E-state index contributed by atoms with van der Waals surface area (Å²) in [6.45, 7) is 4.54. The second-order valence-corrected chi connectivity index (χ2v) is 11.9. The third-order valence-electron chi connectivity index (χ3n) is 8.77. The van der Waals surface area contributed by atoms with Crippen LogP contribution in [0.25, 0.3) is 0 Å². The molecule has 4 aromatic carbocycles. The molecule has 10 heteroatoms. The molecule has 3 aliphatic rings. The van der Waals surface area contributed by atoms with Gasteiger partial charge in [0.15, 0.2) is 0 Å². The number of amides is 2. The van der Waals surface area contributed by atoms with Crippen LogP contribution in [0.1, 0.15) is 36.1 Å². The van der Waals surface area contributed by atoms with Crippen LogP contribution >= 0.6 is 0 Å². The molecule has 3 heterocycles. The van der Waals surface area contributed by atoms with E-state index >= 15 is 0 Å². The SMILES string of the molecule is C[C@@]1(c2ccccc2NC(=O)OCc2ccccc2)O[C@H]2CO[C@@H]3N2[C@H]1O[C@]3(C)c1ccccc1NC(=O)OCc1ccccc1. The van der Waals surface area contributed by atoms with Gasteiger partial charge in [-0.2, -0.15) is 0 Å². The number of carbonyl (C=O) groups is 2. The van der Waals surface area contributed by atoms with Gasteiger partial charge >= 0.3 is 12.2 Å². The summed E-state index contributed by atoms with van der Waals surface area (Å²) >= 11 is 0. The van der Waals surface area contributed by atoms with Crippen LogP contribution in [0, 0.1) is 0 Å². The third-order valence-corrected chi connectivity index (χ3v) is 8.77. The molecule has 7 rings (SSSR count). The van der Waals surface area contributed by atoms with Crippen molar-refractivity contribution in [3.05, 3.63) is 131 Å². The van der Waals surface area contributed by atoms with Crippen molar-refractivity contribution in [2.45, 2.75) is 56.9 Å². The predicted molar refractivity (Wildman–Crippen MR) is 169 cm³/mol. The average molecular weight is 622 g/mol. The van der Waals surface area contributed by atoms with Gasteiger partial charge in [0.1, 0.15) is 43.1 Å². The van der Waals surface area contributed by atoms with Crippen LogP contribution in [0.4, 0.5) is 21.0 Å².